The highest BCUT2D eigenvalue weighted by Crippen LogP contribution is 2.30. The van der Waals surface area contributed by atoms with Crippen LogP contribution in [0.4, 0.5) is 18.9 Å². The van der Waals surface area contributed by atoms with Crippen LogP contribution in [0.1, 0.15) is 10.4 Å². The van der Waals surface area contributed by atoms with Gasteiger partial charge in [0.25, 0.3) is 0 Å². The summed E-state index contributed by atoms with van der Waals surface area (Å²) < 4.78 is 37.7. The lowest BCUT2D eigenvalue weighted by Crippen LogP contribution is -2.27. The lowest BCUT2D eigenvalue weighted by Gasteiger charge is -2.12. The predicted octanol–water partition coefficient (Wildman–Crippen LogP) is 4.25. The van der Waals surface area contributed by atoms with Crippen LogP contribution in [0.5, 0.6) is 0 Å². The molecule has 0 unspecified atom stereocenters. The summed E-state index contributed by atoms with van der Waals surface area (Å²) in [6, 6.07) is 8.79. The van der Waals surface area contributed by atoms with Crippen LogP contribution in [0.15, 0.2) is 41.8 Å². The van der Waals surface area contributed by atoms with Gasteiger partial charge in [-0.05, 0) is 41.9 Å². The lowest BCUT2D eigenvalue weighted by molar-refractivity contribution is -0.137. The summed E-state index contributed by atoms with van der Waals surface area (Å²) in [6.07, 6.45) is -4.36. The fourth-order valence-corrected chi connectivity index (χ4v) is 2.36. The molecule has 0 saturated carbocycles. The highest BCUT2D eigenvalue weighted by molar-refractivity contribution is 7.80. The molecular formula is C13H11F3N2S2. The second kappa shape index (κ2) is 6.23. The Balaban J connectivity index is 1.94. The average molecular weight is 316 g/mol. The number of rotatable bonds is 3. The average Bonchev–Trinajstić information content (AvgIpc) is 2.89. The largest absolute Gasteiger partial charge is 0.416 e. The van der Waals surface area contributed by atoms with Crippen LogP contribution in [-0.4, -0.2) is 5.11 Å². The summed E-state index contributed by atoms with van der Waals surface area (Å²) in [6.45, 7) is 0.544. The van der Waals surface area contributed by atoms with E-state index in [1.54, 1.807) is 11.3 Å². The maximum atomic E-state index is 12.6. The lowest BCUT2D eigenvalue weighted by atomic mass is 10.2. The molecule has 0 aliphatic heterocycles. The zero-order valence-corrected chi connectivity index (χ0v) is 11.8. The van der Waals surface area contributed by atoms with E-state index in [4.69, 9.17) is 12.2 Å². The van der Waals surface area contributed by atoms with Crippen molar-refractivity contribution in [1.82, 2.24) is 5.32 Å². The first-order valence-corrected chi connectivity index (χ1v) is 6.98. The minimum absolute atomic E-state index is 0.290. The summed E-state index contributed by atoms with van der Waals surface area (Å²) >= 11 is 6.63. The first kappa shape index (κ1) is 14.8. The molecule has 1 aromatic heterocycles. The van der Waals surface area contributed by atoms with E-state index in [1.807, 2.05) is 17.5 Å². The van der Waals surface area contributed by atoms with Crippen LogP contribution in [0.3, 0.4) is 0 Å². The Morgan fingerprint density at radius 3 is 2.65 bits per heavy atom. The molecule has 0 fully saturated rings. The Kier molecular flexibility index (Phi) is 4.61. The number of halogens is 3. The molecule has 0 aliphatic carbocycles. The molecule has 2 nitrogen and oxygen atoms in total. The number of thiocarbonyl (C=S) groups is 1. The molecular weight excluding hydrogens is 305 g/mol. The molecule has 0 radical (unpaired) electrons. The second-order valence-electron chi connectivity index (χ2n) is 3.97. The summed E-state index contributed by atoms with van der Waals surface area (Å²) in [5.74, 6) is 0. The van der Waals surface area contributed by atoms with E-state index < -0.39 is 11.7 Å². The Bertz CT molecular complexity index is 580. The van der Waals surface area contributed by atoms with Crippen molar-refractivity contribution >= 4 is 34.4 Å². The van der Waals surface area contributed by atoms with Crippen LogP contribution in [0.2, 0.25) is 0 Å². The van der Waals surface area contributed by atoms with Crippen molar-refractivity contribution in [1.29, 1.82) is 0 Å². The van der Waals surface area contributed by atoms with Crippen LogP contribution >= 0.6 is 23.6 Å². The number of nitrogens with one attached hydrogen (secondary N) is 2. The first-order valence-electron chi connectivity index (χ1n) is 5.69. The number of hydrogen-bond acceptors (Lipinski definition) is 2. The molecule has 0 amide bonds. The highest BCUT2D eigenvalue weighted by atomic mass is 32.1. The molecule has 0 saturated heterocycles. The van der Waals surface area contributed by atoms with E-state index >= 15 is 0 Å². The van der Waals surface area contributed by atoms with Crippen molar-refractivity contribution in [2.24, 2.45) is 0 Å². The molecule has 0 spiro atoms. The molecule has 20 heavy (non-hydrogen) atoms. The van der Waals surface area contributed by atoms with Crippen molar-refractivity contribution in [2.45, 2.75) is 12.7 Å². The van der Waals surface area contributed by atoms with E-state index in [-0.39, 0.29) is 5.11 Å². The molecule has 2 rings (SSSR count). The Hall–Kier alpha value is -1.60. The van der Waals surface area contributed by atoms with Crippen LogP contribution in [0.25, 0.3) is 0 Å². The van der Waals surface area contributed by atoms with Crippen LogP contribution in [-0.2, 0) is 12.7 Å². The van der Waals surface area contributed by atoms with E-state index in [2.05, 4.69) is 10.6 Å². The summed E-state index contributed by atoms with van der Waals surface area (Å²) in [4.78, 5) is 1.10. The van der Waals surface area contributed by atoms with Crippen molar-refractivity contribution in [2.75, 3.05) is 5.32 Å². The second-order valence-corrected chi connectivity index (χ2v) is 5.41. The van der Waals surface area contributed by atoms with Gasteiger partial charge in [-0.25, -0.2) is 0 Å². The van der Waals surface area contributed by atoms with Crippen molar-refractivity contribution in [3.05, 3.63) is 52.2 Å². The maximum Gasteiger partial charge on any atom is 0.416 e. The summed E-state index contributed by atoms with van der Waals surface area (Å²) in [7, 11) is 0. The number of thiophene rings is 1. The Morgan fingerprint density at radius 1 is 1.20 bits per heavy atom. The zero-order valence-electron chi connectivity index (χ0n) is 10.2. The van der Waals surface area contributed by atoms with Crippen molar-refractivity contribution in [3.63, 3.8) is 0 Å². The summed E-state index contributed by atoms with van der Waals surface area (Å²) in [5, 5.41) is 7.92. The number of benzene rings is 1. The predicted molar refractivity (Wildman–Crippen MR) is 78.8 cm³/mol. The smallest absolute Gasteiger partial charge is 0.358 e. The van der Waals surface area contributed by atoms with Crippen molar-refractivity contribution < 1.29 is 13.2 Å². The van der Waals surface area contributed by atoms with E-state index in [9.17, 15) is 13.2 Å². The minimum Gasteiger partial charge on any atom is -0.358 e. The number of alkyl halides is 3. The minimum atomic E-state index is -4.36. The maximum absolute atomic E-state index is 12.6. The fraction of sp³-hybridized carbons (Fsp3) is 0.154. The standard InChI is InChI=1S/C13H11F3N2S2/c14-13(15,16)9-3-1-4-10(7-9)18-12(19)17-8-11-5-2-6-20-11/h1-7H,8H2,(H2,17,18,19). The van der Waals surface area contributed by atoms with Crippen LogP contribution < -0.4 is 10.6 Å². The van der Waals surface area contributed by atoms with E-state index in [0.717, 1.165) is 17.0 Å². The van der Waals surface area contributed by atoms with Gasteiger partial charge in [0.1, 0.15) is 0 Å². The monoisotopic (exact) mass is 316 g/mol. The van der Waals surface area contributed by atoms with E-state index in [0.29, 0.717) is 12.2 Å². The van der Waals surface area contributed by atoms with Crippen LogP contribution in [0, 0.1) is 0 Å². The first-order chi connectivity index (χ1) is 9.45. The van der Waals surface area contributed by atoms with Gasteiger partial charge >= 0.3 is 6.18 Å². The van der Waals surface area contributed by atoms with Gasteiger partial charge in [-0.2, -0.15) is 13.2 Å². The van der Waals surface area contributed by atoms with Gasteiger partial charge in [-0.1, -0.05) is 12.1 Å². The van der Waals surface area contributed by atoms with Gasteiger partial charge in [0.2, 0.25) is 0 Å². The number of hydrogen-bond donors (Lipinski definition) is 2. The van der Waals surface area contributed by atoms with Gasteiger partial charge in [0, 0.05) is 10.6 Å². The third kappa shape index (κ3) is 4.21. The third-order valence-electron chi connectivity index (χ3n) is 2.45. The van der Waals surface area contributed by atoms with E-state index in [1.165, 1.54) is 12.1 Å². The highest BCUT2D eigenvalue weighted by Gasteiger charge is 2.30. The van der Waals surface area contributed by atoms with Crippen molar-refractivity contribution in [3.8, 4) is 0 Å². The summed E-state index contributed by atoms with van der Waals surface area (Å²) in [5.41, 5.74) is -0.396. The zero-order chi connectivity index (χ0) is 14.6. The number of anilines is 1. The van der Waals surface area contributed by atoms with Gasteiger partial charge in [0.05, 0.1) is 12.1 Å². The topological polar surface area (TPSA) is 24.1 Å². The Morgan fingerprint density at radius 2 is 2.00 bits per heavy atom. The molecule has 106 valence electrons. The molecule has 0 atom stereocenters. The van der Waals surface area contributed by atoms with Gasteiger partial charge < -0.3 is 10.6 Å². The molecule has 2 aromatic rings. The third-order valence-corrected chi connectivity index (χ3v) is 3.57. The molecule has 0 aliphatic rings. The van der Waals surface area contributed by atoms with Gasteiger partial charge in [-0.15, -0.1) is 11.3 Å². The van der Waals surface area contributed by atoms with Gasteiger partial charge in [0.15, 0.2) is 5.11 Å². The molecule has 2 N–H and O–H groups in total. The molecule has 0 bridgehead atoms. The molecule has 7 heteroatoms. The van der Waals surface area contributed by atoms with Gasteiger partial charge in [-0.3, -0.25) is 0 Å². The molecule has 1 aromatic carbocycles. The normalized spacial score (nSPS) is 11.2. The Labute approximate surface area is 123 Å². The quantitative estimate of drug-likeness (QED) is 0.828. The molecule has 1 heterocycles. The fourth-order valence-electron chi connectivity index (χ4n) is 1.53. The SMILES string of the molecule is FC(F)(F)c1cccc(NC(=S)NCc2cccs2)c1.